The monoisotopic (exact) mass is 313 g/mol. The first-order chi connectivity index (χ1) is 11.0. The lowest BCUT2D eigenvalue weighted by Crippen LogP contribution is -2.35. The number of carboxylic acids is 1. The summed E-state index contributed by atoms with van der Waals surface area (Å²) in [5.74, 6) is -0.968. The number of carboxylic acid groups (broad SMARTS) is 1. The average molecular weight is 313 g/mol. The molecule has 1 aromatic carbocycles. The van der Waals surface area contributed by atoms with Gasteiger partial charge in [-0.15, -0.1) is 0 Å². The van der Waals surface area contributed by atoms with Gasteiger partial charge >= 0.3 is 5.97 Å². The lowest BCUT2D eigenvalue weighted by Gasteiger charge is -2.29. The number of anilines is 1. The van der Waals surface area contributed by atoms with Crippen LogP contribution in [0.4, 0.5) is 5.69 Å². The fourth-order valence-electron chi connectivity index (χ4n) is 2.90. The Hall–Kier alpha value is -2.63. The van der Waals surface area contributed by atoms with Crippen molar-refractivity contribution in [3.8, 4) is 0 Å². The average Bonchev–Trinajstić information content (AvgIpc) is 3.00. The van der Waals surface area contributed by atoms with E-state index >= 15 is 0 Å². The van der Waals surface area contributed by atoms with E-state index in [1.54, 1.807) is 11.1 Å². The highest BCUT2D eigenvalue weighted by Crippen LogP contribution is 2.29. The highest BCUT2D eigenvalue weighted by molar-refractivity contribution is 6.06. The number of benzene rings is 1. The normalized spacial score (nSPS) is 13.7. The Morgan fingerprint density at radius 1 is 1.35 bits per heavy atom. The van der Waals surface area contributed by atoms with Crippen LogP contribution in [0.1, 0.15) is 34.3 Å². The summed E-state index contributed by atoms with van der Waals surface area (Å²) in [5.41, 5.74) is 3.84. The van der Waals surface area contributed by atoms with Gasteiger partial charge in [0.2, 0.25) is 0 Å². The number of aliphatic carboxylic acids is 1. The van der Waals surface area contributed by atoms with Crippen LogP contribution < -0.4 is 4.90 Å². The maximum absolute atomic E-state index is 12.8. The first kappa shape index (κ1) is 15.3. The van der Waals surface area contributed by atoms with Crippen LogP contribution in [0.3, 0.4) is 0 Å². The minimum atomic E-state index is -0.881. The van der Waals surface area contributed by atoms with E-state index in [1.807, 2.05) is 19.1 Å². The molecule has 6 nitrogen and oxygen atoms in total. The summed E-state index contributed by atoms with van der Waals surface area (Å²) in [6.07, 6.45) is 5.04. The van der Waals surface area contributed by atoms with Crippen molar-refractivity contribution in [2.24, 2.45) is 0 Å². The molecule has 120 valence electrons. The highest BCUT2D eigenvalue weighted by atomic mass is 16.4. The Balaban J connectivity index is 1.80. The van der Waals surface area contributed by atoms with E-state index in [4.69, 9.17) is 5.11 Å². The number of nitrogens with zero attached hydrogens (tertiary/aromatic N) is 3. The fraction of sp³-hybridized carbons (Fsp3) is 0.353. The number of carbonyl (C=O) groups is 2. The summed E-state index contributed by atoms with van der Waals surface area (Å²) in [4.78, 5) is 25.2. The fourth-order valence-corrected chi connectivity index (χ4v) is 2.90. The minimum Gasteiger partial charge on any atom is -0.481 e. The molecule has 23 heavy (non-hydrogen) atoms. The summed E-state index contributed by atoms with van der Waals surface area (Å²) in [7, 11) is 0. The van der Waals surface area contributed by atoms with E-state index in [0.717, 1.165) is 18.5 Å². The number of fused-ring (bicyclic) bond motifs is 1. The van der Waals surface area contributed by atoms with Gasteiger partial charge in [-0.05, 0) is 31.4 Å². The molecule has 0 spiro atoms. The van der Waals surface area contributed by atoms with Crippen LogP contribution in [0.2, 0.25) is 0 Å². The third kappa shape index (κ3) is 3.26. The number of hydrogen-bond acceptors (Lipinski definition) is 3. The quantitative estimate of drug-likeness (QED) is 0.939. The molecule has 0 aliphatic carbocycles. The first-order valence-corrected chi connectivity index (χ1v) is 7.70. The highest BCUT2D eigenvalue weighted by Gasteiger charge is 2.24. The molecule has 1 amide bonds. The second-order valence-electron chi connectivity index (χ2n) is 5.83. The second-order valence-corrected chi connectivity index (χ2v) is 5.83. The van der Waals surface area contributed by atoms with Crippen LogP contribution >= 0.6 is 0 Å². The summed E-state index contributed by atoms with van der Waals surface area (Å²) in [6, 6.07) is 6.14. The van der Waals surface area contributed by atoms with Gasteiger partial charge in [-0.1, -0.05) is 17.7 Å². The summed E-state index contributed by atoms with van der Waals surface area (Å²) < 4.78 is 1.50. The van der Waals surface area contributed by atoms with Crippen molar-refractivity contribution < 1.29 is 14.7 Å². The number of carbonyl (C=O) groups excluding carboxylic acids is 1. The lowest BCUT2D eigenvalue weighted by atomic mass is 9.99. The van der Waals surface area contributed by atoms with Crippen LogP contribution in [-0.4, -0.2) is 33.3 Å². The standard InChI is InChI=1S/C17H19N3O3/c1-12-4-5-15-13(9-12)3-2-7-20(15)17(23)14-10-18-19(11-14)8-6-16(21)22/h4-5,9-11H,2-3,6-8H2,1H3,(H,21,22). The molecule has 0 fully saturated rings. The number of rotatable bonds is 4. The lowest BCUT2D eigenvalue weighted by molar-refractivity contribution is -0.137. The van der Waals surface area contributed by atoms with Gasteiger partial charge in [0, 0.05) is 18.4 Å². The van der Waals surface area contributed by atoms with Crippen molar-refractivity contribution in [3.05, 3.63) is 47.3 Å². The van der Waals surface area contributed by atoms with Crippen LogP contribution in [0.15, 0.2) is 30.6 Å². The zero-order valence-corrected chi connectivity index (χ0v) is 13.0. The van der Waals surface area contributed by atoms with Crippen LogP contribution in [0.5, 0.6) is 0 Å². The third-order valence-electron chi connectivity index (χ3n) is 4.03. The van der Waals surface area contributed by atoms with E-state index < -0.39 is 5.97 Å². The van der Waals surface area contributed by atoms with Crippen molar-refractivity contribution in [2.45, 2.75) is 32.7 Å². The molecular weight excluding hydrogens is 294 g/mol. The van der Waals surface area contributed by atoms with Crippen molar-refractivity contribution in [2.75, 3.05) is 11.4 Å². The van der Waals surface area contributed by atoms with Crippen LogP contribution in [0, 0.1) is 6.92 Å². The molecule has 3 rings (SSSR count). The molecule has 0 bridgehead atoms. The molecule has 0 saturated heterocycles. The van der Waals surface area contributed by atoms with Crippen LogP contribution in [0.25, 0.3) is 0 Å². The van der Waals surface area contributed by atoms with E-state index in [0.29, 0.717) is 12.1 Å². The molecule has 0 saturated carbocycles. The number of aryl methyl sites for hydroxylation is 3. The predicted molar refractivity (Wildman–Crippen MR) is 85.7 cm³/mol. The van der Waals surface area contributed by atoms with Gasteiger partial charge in [0.15, 0.2) is 0 Å². The van der Waals surface area contributed by atoms with E-state index in [1.165, 1.54) is 22.0 Å². The van der Waals surface area contributed by atoms with Crippen molar-refractivity contribution >= 4 is 17.6 Å². The third-order valence-corrected chi connectivity index (χ3v) is 4.03. The number of amides is 1. The Kier molecular flexibility index (Phi) is 4.14. The molecule has 1 N–H and O–H groups in total. The molecular formula is C17H19N3O3. The molecule has 6 heteroatoms. The Bertz CT molecular complexity index is 751. The van der Waals surface area contributed by atoms with Gasteiger partial charge in [-0.2, -0.15) is 5.10 Å². The van der Waals surface area contributed by atoms with Gasteiger partial charge in [0.05, 0.1) is 24.7 Å². The molecule has 1 aliphatic rings. The molecule has 1 aromatic heterocycles. The van der Waals surface area contributed by atoms with Crippen LogP contribution in [-0.2, 0) is 17.8 Å². The molecule has 0 radical (unpaired) electrons. The number of hydrogen-bond donors (Lipinski definition) is 1. The maximum Gasteiger partial charge on any atom is 0.305 e. The molecule has 2 heterocycles. The Morgan fingerprint density at radius 2 is 2.17 bits per heavy atom. The molecule has 2 aromatic rings. The van der Waals surface area contributed by atoms with E-state index in [2.05, 4.69) is 11.2 Å². The van der Waals surface area contributed by atoms with Gasteiger partial charge in [0.25, 0.3) is 5.91 Å². The number of aromatic nitrogens is 2. The van der Waals surface area contributed by atoms with Gasteiger partial charge < -0.3 is 10.0 Å². The maximum atomic E-state index is 12.8. The summed E-state index contributed by atoms with van der Waals surface area (Å²) in [6.45, 7) is 3.00. The summed E-state index contributed by atoms with van der Waals surface area (Å²) in [5, 5.41) is 12.8. The zero-order valence-electron chi connectivity index (χ0n) is 13.0. The van der Waals surface area contributed by atoms with E-state index in [9.17, 15) is 9.59 Å². The van der Waals surface area contributed by atoms with Crippen molar-refractivity contribution in [1.29, 1.82) is 0 Å². The Morgan fingerprint density at radius 3 is 2.96 bits per heavy atom. The van der Waals surface area contributed by atoms with Gasteiger partial charge in [0.1, 0.15) is 0 Å². The zero-order chi connectivity index (χ0) is 16.4. The topological polar surface area (TPSA) is 75.4 Å². The second kappa shape index (κ2) is 6.24. The minimum absolute atomic E-state index is 0.0128. The molecule has 0 atom stereocenters. The largest absolute Gasteiger partial charge is 0.481 e. The first-order valence-electron chi connectivity index (χ1n) is 7.70. The smallest absolute Gasteiger partial charge is 0.305 e. The SMILES string of the molecule is Cc1ccc2c(c1)CCCN2C(=O)c1cnn(CCC(=O)O)c1. The molecule has 1 aliphatic heterocycles. The van der Waals surface area contributed by atoms with Crippen molar-refractivity contribution in [1.82, 2.24) is 9.78 Å². The van der Waals surface area contributed by atoms with Gasteiger partial charge in [-0.25, -0.2) is 0 Å². The molecule has 0 unspecified atom stereocenters. The predicted octanol–water partition coefficient (Wildman–Crippen LogP) is 2.26. The Labute approximate surface area is 134 Å². The summed E-state index contributed by atoms with van der Waals surface area (Å²) >= 11 is 0. The van der Waals surface area contributed by atoms with Gasteiger partial charge in [-0.3, -0.25) is 14.3 Å². The van der Waals surface area contributed by atoms with Crippen molar-refractivity contribution in [3.63, 3.8) is 0 Å². The van der Waals surface area contributed by atoms with E-state index in [-0.39, 0.29) is 18.9 Å².